The molecule has 0 aromatic carbocycles. The maximum atomic E-state index is 8.78. The lowest BCUT2D eigenvalue weighted by atomic mass is 10.3. The molecule has 0 radical (unpaired) electrons. The first kappa shape index (κ1) is 6.98. The fourth-order valence-corrected chi connectivity index (χ4v) is 0.602. The Morgan fingerprint density at radius 2 is 2.30 bits per heavy atom. The highest BCUT2D eigenvalue weighted by atomic mass is 16.5. The van der Waals surface area contributed by atoms with E-state index in [0.29, 0.717) is 12.2 Å². The first-order valence-electron chi connectivity index (χ1n) is 2.84. The van der Waals surface area contributed by atoms with E-state index >= 15 is 0 Å². The number of hydrogen-bond donors (Lipinski definition) is 3. The minimum Gasteiger partial charge on any atom is -0.506 e. The average Bonchev–Trinajstić information content (AvgIpc) is 1.95. The number of nitrogens with zero attached hydrogens (tertiary/aromatic N) is 1. The highest BCUT2D eigenvalue weighted by molar-refractivity contribution is 5.17. The van der Waals surface area contributed by atoms with Crippen molar-refractivity contribution in [1.29, 1.82) is 0 Å². The molecular weight excluding hydrogens is 132 g/mol. The van der Waals surface area contributed by atoms with Crippen LogP contribution in [-0.2, 0) is 6.54 Å². The van der Waals surface area contributed by atoms with Crippen LogP contribution in [-0.4, -0.2) is 15.3 Å². The van der Waals surface area contributed by atoms with Gasteiger partial charge in [-0.2, -0.15) is 5.48 Å². The maximum absolute atomic E-state index is 8.78. The molecule has 1 rings (SSSR count). The number of hydrogen-bond acceptors (Lipinski definition) is 4. The van der Waals surface area contributed by atoms with Crippen LogP contribution in [0.1, 0.15) is 5.69 Å². The largest absolute Gasteiger partial charge is 0.506 e. The topological polar surface area (TPSA) is 65.4 Å². The molecule has 0 fully saturated rings. The molecule has 54 valence electrons. The molecule has 3 N–H and O–H groups in total. The van der Waals surface area contributed by atoms with Crippen molar-refractivity contribution in [3.63, 3.8) is 0 Å². The fourth-order valence-electron chi connectivity index (χ4n) is 0.602. The van der Waals surface area contributed by atoms with Crippen LogP contribution >= 0.6 is 0 Å². The van der Waals surface area contributed by atoms with Crippen molar-refractivity contribution in [2.45, 2.75) is 6.54 Å². The van der Waals surface area contributed by atoms with Crippen molar-refractivity contribution >= 4 is 0 Å². The van der Waals surface area contributed by atoms with Crippen LogP contribution in [0.25, 0.3) is 0 Å². The number of nitrogens with one attached hydrogen (secondary N) is 1. The zero-order valence-electron chi connectivity index (χ0n) is 5.28. The predicted molar refractivity (Wildman–Crippen MR) is 34.5 cm³/mol. The molecular formula is C6H8N2O2. The van der Waals surface area contributed by atoms with Gasteiger partial charge in [0.25, 0.3) is 0 Å². The molecule has 1 aromatic rings. The van der Waals surface area contributed by atoms with Crippen LogP contribution in [0, 0.1) is 0 Å². The van der Waals surface area contributed by atoms with Gasteiger partial charge in [-0.05, 0) is 12.1 Å². The number of rotatable bonds is 2. The minimum atomic E-state index is 0.127. The van der Waals surface area contributed by atoms with Crippen LogP contribution < -0.4 is 5.48 Å². The van der Waals surface area contributed by atoms with E-state index in [-0.39, 0.29) is 5.75 Å². The Labute approximate surface area is 58.1 Å². The highest BCUT2D eigenvalue weighted by Gasteiger charge is 1.91. The minimum absolute atomic E-state index is 0.127. The van der Waals surface area contributed by atoms with Crippen LogP contribution in [0.2, 0.25) is 0 Å². The molecule has 0 aliphatic carbocycles. The van der Waals surface area contributed by atoms with Crippen molar-refractivity contribution in [2.24, 2.45) is 0 Å². The predicted octanol–water partition coefficient (Wildman–Crippen LogP) is 0.266. The van der Waals surface area contributed by atoms with Crippen molar-refractivity contribution in [2.75, 3.05) is 0 Å². The summed E-state index contributed by atoms with van der Waals surface area (Å²) in [5, 5.41) is 17.0. The summed E-state index contributed by atoms with van der Waals surface area (Å²) in [6.45, 7) is 0.292. The third-order valence-electron chi connectivity index (χ3n) is 1.07. The van der Waals surface area contributed by atoms with E-state index in [4.69, 9.17) is 10.3 Å². The van der Waals surface area contributed by atoms with Gasteiger partial charge in [-0.15, -0.1) is 0 Å². The van der Waals surface area contributed by atoms with Crippen LogP contribution in [0.3, 0.4) is 0 Å². The molecule has 1 heterocycles. The van der Waals surface area contributed by atoms with Gasteiger partial charge in [0.05, 0.1) is 18.4 Å². The summed E-state index contributed by atoms with van der Waals surface area (Å²) < 4.78 is 0. The molecule has 10 heavy (non-hydrogen) atoms. The molecule has 0 bridgehead atoms. The molecule has 0 saturated carbocycles. The molecule has 1 aromatic heterocycles. The Morgan fingerprint density at radius 3 is 2.80 bits per heavy atom. The Balaban J connectivity index is 2.69. The Morgan fingerprint density at radius 1 is 1.50 bits per heavy atom. The standard InChI is InChI=1S/C6H8N2O2/c9-6-2-1-5(3-8-10)7-4-6/h1-2,4,8-10H,3H2. The van der Waals surface area contributed by atoms with Crippen molar-refractivity contribution in [1.82, 2.24) is 10.5 Å². The summed E-state index contributed by atoms with van der Waals surface area (Å²) in [5.74, 6) is 0.127. The molecule has 0 unspecified atom stereocenters. The van der Waals surface area contributed by atoms with Crippen molar-refractivity contribution in [3.8, 4) is 5.75 Å². The van der Waals surface area contributed by atoms with Crippen LogP contribution in [0.15, 0.2) is 18.3 Å². The number of hydroxylamine groups is 1. The highest BCUT2D eigenvalue weighted by Crippen LogP contribution is 2.04. The van der Waals surface area contributed by atoms with Gasteiger partial charge in [-0.25, -0.2) is 0 Å². The van der Waals surface area contributed by atoms with Gasteiger partial charge in [0.2, 0.25) is 0 Å². The Hall–Kier alpha value is -1.13. The summed E-state index contributed by atoms with van der Waals surface area (Å²) in [5.41, 5.74) is 2.64. The summed E-state index contributed by atoms with van der Waals surface area (Å²) in [7, 11) is 0. The van der Waals surface area contributed by atoms with Crippen LogP contribution in [0.5, 0.6) is 5.75 Å². The van der Waals surface area contributed by atoms with E-state index in [1.165, 1.54) is 12.3 Å². The Kier molecular flexibility index (Phi) is 2.20. The molecule has 0 aliphatic rings. The third kappa shape index (κ3) is 1.68. The van der Waals surface area contributed by atoms with Gasteiger partial charge in [0, 0.05) is 0 Å². The van der Waals surface area contributed by atoms with Crippen LogP contribution in [0.4, 0.5) is 0 Å². The third-order valence-corrected chi connectivity index (χ3v) is 1.07. The van der Waals surface area contributed by atoms with Crippen molar-refractivity contribution < 1.29 is 10.3 Å². The van der Waals surface area contributed by atoms with Gasteiger partial charge >= 0.3 is 0 Å². The summed E-state index contributed by atoms with van der Waals surface area (Å²) in [6.07, 6.45) is 1.33. The first-order valence-corrected chi connectivity index (χ1v) is 2.84. The lowest BCUT2D eigenvalue weighted by Crippen LogP contribution is -2.06. The van der Waals surface area contributed by atoms with Gasteiger partial charge in [-0.1, -0.05) is 0 Å². The van der Waals surface area contributed by atoms with E-state index in [1.54, 1.807) is 6.07 Å². The Bertz CT molecular complexity index is 197. The molecule has 0 saturated heterocycles. The maximum Gasteiger partial charge on any atom is 0.133 e. The summed E-state index contributed by atoms with van der Waals surface area (Å²) >= 11 is 0. The monoisotopic (exact) mass is 140 g/mol. The molecule has 4 nitrogen and oxygen atoms in total. The van der Waals surface area contributed by atoms with Gasteiger partial charge in [0.15, 0.2) is 0 Å². The normalized spacial score (nSPS) is 9.70. The summed E-state index contributed by atoms with van der Waals surface area (Å²) in [4.78, 5) is 3.80. The molecule has 0 aliphatic heterocycles. The first-order chi connectivity index (χ1) is 4.83. The number of pyridine rings is 1. The van der Waals surface area contributed by atoms with Gasteiger partial charge in [0.1, 0.15) is 5.75 Å². The summed E-state index contributed by atoms with van der Waals surface area (Å²) in [6, 6.07) is 3.14. The average molecular weight is 140 g/mol. The van der Waals surface area contributed by atoms with Gasteiger partial charge < -0.3 is 10.3 Å². The quantitative estimate of drug-likeness (QED) is 0.516. The fraction of sp³-hybridized carbons (Fsp3) is 0.167. The van der Waals surface area contributed by atoms with E-state index < -0.39 is 0 Å². The zero-order chi connectivity index (χ0) is 7.40. The van der Waals surface area contributed by atoms with Gasteiger partial charge in [-0.3, -0.25) is 4.98 Å². The molecule has 0 spiro atoms. The van der Waals surface area contributed by atoms with E-state index in [1.807, 2.05) is 5.48 Å². The molecule has 4 heteroatoms. The second-order valence-electron chi connectivity index (χ2n) is 1.84. The number of aromatic nitrogens is 1. The smallest absolute Gasteiger partial charge is 0.133 e. The second kappa shape index (κ2) is 3.14. The van der Waals surface area contributed by atoms with E-state index in [2.05, 4.69) is 4.98 Å². The van der Waals surface area contributed by atoms with E-state index in [0.717, 1.165) is 0 Å². The SMILES string of the molecule is ONCc1ccc(O)cn1. The number of aromatic hydroxyl groups is 1. The zero-order valence-corrected chi connectivity index (χ0v) is 5.28. The lowest BCUT2D eigenvalue weighted by Gasteiger charge is -1.96. The second-order valence-corrected chi connectivity index (χ2v) is 1.84. The molecule has 0 amide bonds. The van der Waals surface area contributed by atoms with Crippen molar-refractivity contribution in [3.05, 3.63) is 24.0 Å². The lowest BCUT2D eigenvalue weighted by molar-refractivity contribution is 0.160. The molecule has 0 atom stereocenters. The van der Waals surface area contributed by atoms with E-state index in [9.17, 15) is 0 Å².